The van der Waals surface area contributed by atoms with Crippen molar-refractivity contribution in [2.24, 2.45) is 0 Å². The van der Waals surface area contributed by atoms with Gasteiger partial charge in [0.2, 0.25) is 0 Å². The third-order valence-electron chi connectivity index (χ3n) is 5.27. The summed E-state index contributed by atoms with van der Waals surface area (Å²) in [6.45, 7) is 10.2. The molecule has 0 atom stereocenters. The van der Waals surface area contributed by atoms with Gasteiger partial charge in [-0.3, -0.25) is 5.32 Å². The van der Waals surface area contributed by atoms with Crippen LogP contribution in [0, 0.1) is 0 Å². The predicted octanol–water partition coefficient (Wildman–Crippen LogP) is 6.37. The minimum Gasteiger partial charge on any atom is -0.491 e. The molecule has 0 fully saturated rings. The minimum atomic E-state index is -0.392. The summed E-state index contributed by atoms with van der Waals surface area (Å²) in [4.78, 5) is 16.8. The topological polar surface area (TPSA) is 116 Å². The predicted molar refractivity (Wildman–Crippen MR) is 146 cm³/mol. The van der Waals surface area contributed by atoms with Crippen LogP contribution < -0.4 is 25.8 Å². The first-order chi connectivity index (χ1) is 17.6. The molecule has 2 aromatic heterocycles. The number of carbonyl (C=O) groups is 1. The Morgan fingerprint density at radius 3 is 2.22 bits per heavy atom. The zero-order valence-corrected chi connectivity index (χ0v) is 21.6. The highest BCUT2D eigenvalue weighted by molar-refractivity contribution is 5.99. The highest BCUT2D eigenvalue weighted by Gasteiger charge is 2.21. The van der Waals surface area contributed by atoms with Gasteiger partial charge in [0.15, 0.2) is 0 Å². The number of amides is 2. The lowest BCUT2D eigenvalue weighted by Gasteiger charge is -2.14. The van der Waals surface area contributed by atoms with Crippen LogP contribution in [-0.4, -0.2) is 26.9 Å². The van der Waals surface area contributed by atoms with Gasteiger partial charge >= 0.3 is 6.03 Å². The van der Waals surface area contributed by atoms with Crippen LogP contribution in [0.5, 0.6) is 17.2 Å². The van der Waals surface area contributed by atoms with Crippen molar-refractivity contribution >= 4 is 23.4 Å². The van der Waals surface area contributed by atoms with E-state index in [9.17, 15) is 4.79 Å². The van der Waals surface area contributed by atoms with E-state index in [1.165, 1.54) is 0 Å². The number of nitrogens with one attached hydrogen (secondary N) is 2. The van der Waals surface area contributed by atoms with Crippen molar-refractivity contribution in [3.8, 4) is 22.9 Å². The molecule has 0 saturated carbocycles. The average Bonchev–Trinajstić information content (AvgIpc) is 3.25. The van der Waals surface area contributed by atoms with E-state index in [1.54, 1.807) is 47.3 Å². The lowest BCUT2D eigenvalue weighted by Crippen LogP contribution is -2.21. The molecule has 0 bridgehead atoms. The number of anilines is 3. The highest BCUT2D eigenvalue weighted by atomic mass is 16.5. The Labute approximate surface area is 216 Å². The number of nitrogen functional groups attached to an aromatic ring is 1. The summed E-state index contributed by atoms with van der Waals surface area (Å²) in [5.74, 6) is 2.89. The molecule has 0 radical (unpaired) electrons. The molecule has 0 unspecified atom stereocenters. The molecule has 2 amide bonds. The van der Waals surface area contributed by atoms with E-state index in [1.807, 2.05) is 44.2 Å². The summed E-state index contributed by atoms with van der Waals surface area (Å²) in [7, 11) is 0. The van der Waals surface area contributed by atoms with Crippen molar-refractivity contribution in [3.63, 3.8) is 0 Å². The number of aromatic nitrogens is 3. The van der Waals surface area contributed by atoms with Crippen molar-refractivity contribution in [1.82, 2.24) is 14.8 Å². The lowest BCUT2D eigenvalue weighted by atomic mass is 9.92. The van der Waals surface area contributed by atoms with Gasteiger partial charge in [0, 0.05) is 29.4 Å². The van der Waals surface area contributed by atoms with Crippen molar-refractivity contribution in [3.05, 3.63) is 78.6 Å². The second-order valence-electron chi connectivity index (χ2n) is 9.86. The van der Waals surface area contributed by atoms with Crippen LogP contribution >= 0.6 is 0 Å². The van der Waals surface area contributed by atoms with Crippen molar-refractivity contribution in [2.45, 2.75) is 46.1 Å². The van der Waals surface area contributed by atoms with Gasteiger partial charge < -0.3 is 20.5 Å². The molecular formula is C28H32N6O3. The zero-order chi connectivity index (χ0) is 26.6. The number of nitrogens with zero attached hydrogens (tertiary/aromatic N) is 3. The summed E-state index contributed by atoms with van der Waals surface area (Å²) >= 11 is 0. The third kappa shape index (κ3) is 6.78. The number of carbonyl (C=O) groups excluding carboxylic acids is 1. The second-order valence-corrected chi connectivity index (χ2v) is 9.86. The Morgan fingerprint density at radius 2 is 1.59 bits per heavy atom. The van der Waals surface area contributed by atoms with Crippen molar-refractivity contribution < 1.29 is 14.3 Å². The summed E-state index contributed by atoms with van der Waals surface area (Å²) in [6.07, 6.45) is 1.66. The van der Waals surface area contributed by atoms with Gasteiger partial charge in [-0.1, -0.05) is 20.8 Å². The quantitative estimate of drug-likeness (QED) is 0.271. The molecule has 2 aromatic carbocycles. The molecule has 0 spiro atoms. The smallest absolute Gasteiger partial charge is 0.324 e. The molecule has 192 valence electrons. The van der Waals surface area contributed by atoms with Crippen LogP contribution in [0.3, 0.4) is 0 Å². The van der Waals surface area contributed by atoms with E-state index in [2.05, 4.69) is 36.4 Å². The maximum atomic E-state index is 12.9. The second kappa shape index (κ2) is 10.6. The molecule has 0 aliphatic heterocycles. The van der Waals surface area contributed by atoms with E-state index in [-0.39, 0.29) is 11.5 Å². The molecule has 4 aromatic rings. The van der Waals surface area contributed by atoms with E-state index in [0.29, 0.717) is 28.8 Å². The molecule has 0 aliphatic carbocycles. The Balaban J connectivity index is 1.48. The van der Waals surface area contributed by atoms with E-state index in [0.717, 1.165) is 17.1 Å². The molecular weight excluding hydrogens is 468 g/mol. The largest absolute Gasteiger partial charge is 0.491 e. The number of nitrogens with two attached hydrogens (primary N) is 1. The van der Waals surface area contributed by atoms with Crippen LogP contribution in [0.1, 0.15) is 40.3 Å². The molecule has 4 rings (SSSR count). The number of urea groups is 1. The molecule has 9 nitrogen and oxygen atoms in total. The highest BCUT2D eigenvalue weighted by Crippen LogP contribution is 2.28. The summed E-state index contributed by atoms with van der Waals surface area (Å²) < 4.78 is 13.2. The van der Waals surface area contributed by atoms with Crippen molar-refractivity contribution in [1.29, 1.82) is 0 Å². The van der Waals surface area contributed by atoms with Crippen LogP contribution in [0.2, 0.25) is 0 Å². The van der Waals surface area contributed by atoms with E-state index in [4.69, 9.17) is 20.3 Å². The fraction of sp³-hybridized carbons (Fsp3) is 0.250. The van der Waals surface area contributed by atoms with E-state index < -0.39 is 6.03 Å². The van der Waals surface area contributed by atoms with Gasteiger partial charge in [-0.05, 0) is 68.4 Å². The maximum Gasteiger partial charge on any atom is 0.324 e. The van der Waals surface area contributed by atoms with Gasteiger partial charge in [0.25, 0.3) is 0 Å². The number of ether oxygens (including phenoxy) is 2. The molecule has 37 heavy (non-hydrogen) atoms. The Bertz CT molecular complexity index is 1360. The van der Waals surface area contributed by atoms with Crippen molar-refractivity contribution in [2.75, 3.05) is 16.4 Å². The van der Waals surface area contributed by atoms with Crippen LogP contribution in [-0.2, 0) is 5.41 Å². The third-order valence-corrected chi connectivity index (χ3v) is 5.27. The van der Waals surface area contributed by atoms with Gasteiger partial charge in [-0.15, -0.1) is 0 Å². The number of pyridine rings is 1. The molecule has 0 saturated heterocycles. The minimum absolute atomic E-state index is 0.0824. The average molecular weight is 501 g/mol. The van der Waals surface area contributed by atoms with Crippen LogP contribution in [0.4, 0.5) is 22.1 Å². The molecule has 9 heteroatoms. The molecule has 4 N–H and O–H groups in total. The fourth-order valence-electron chi connectivity index (χ4n) is 3.48. The summed E-state index contributed by atoms with van der Waals surface area (Å²) in [5, 5.41) is 10.5. The van der Waals surface area contributed by atoms with Crippen LogP contribution in [0.15, 0.2) is 72.9 Å². The lowest BCUT2D eigenvalue weighted by molar-refractivity contribution is 0.242. The Hall–Kier alpha value is -4.53. The Kier molecular flexibility index (Phi) is 7.33. The fourth-order valence-corrected chi connectivity index (χ4v) is 3.48. The van der Waals surface area contributed by atoms with Gasteiger partial charge in [-0.2, -0.15) is 5.10 Å². The standard InChI is InChI=1S/C28H32N6O3/c1-18(2)36-21-12-8-20(9-13-21)34-26(17-24(33-34)28(3,4)5)32-27(35)31-19-6-10-22(11-7-19)37-23-14-15-30-25(29)16-23/h6-18H,1-5H3,(H2,29,30)(H2,31,32,35). The zero-order valence-electron chi connectivity index (χ0n) is 21.6. The van der Waals surface area contributed by atoms with E-state index >= 15 is 0 Å². The first-order valence-electron chi connectivity index (χ1n) is 12.0. The van der Waals surface area contributed by atoms with Gasteiger partial charge in [-0.25, -0.2) is 14.5 Å². The monoisotopic (exact) mass is 500 g/mol. The van der Waals surface area contributed by atoms with Gasteiger partial charge in [0.1, 0.15) is 28.9 Å². The SMILES string of the molecule is CC(C)Oc1ccc(-n2nc(C(C)(C)C)cc2NC(=O)Nc2ccc(Oc3ccnc(N)c3)cc2)cc1. The molecule has 0 aliphatic rings. The number of benzene rings is 2. The summed E-state index contributed by atoms with van der Waals surface area (Å²) in [5.41, 5.74) is 7.76. The summed E-state index contributed by atoms with van der Waals surface area (Å²) in [6, 6.07) is 19.5. The normalized spacial score (nSPS) is 11.3. The molecule has 2 heterocycles. The Morgan fingerprint density at radius 1 is 0.919 bits per heavy atom. The number of hydrogen-bond donors (Lipinski definition) is 3. The number of rotatable bonds is 7. The number of hydrogen-bond acceptors (Lipinski definition) is 6. The van der Waals surface area contributed by atoms with Gasteiger partial charge in [0.05, 0.1) is 17.5 Å². The first kappa shape index (κ1) is 25.6. The van der Waals surface area contributed by atoms with Crippen LogP contribution in [0.25, 0.3) is 5.69 Å². The first-order valence-corrected chi connectivity index (χ1v) is 12.0. The maximum absolute atomic E-state index is 12.9.